The molecule has 0 aromatic heterocycles. The average molecular weight is 306 g/mol. The summed E-state index contributed by atoms with van der Waals surface area (Å²) in [4.78, 5) is 14.4. The molecule has 2 rings (SSSR count). The number of nitrogens with one attached hydrogen (secondary N) is 1. The maximum Gasteiger partial charge on any atom is 0.256 e. The molecule has 1 aromatic rings. The molecule has 0 atom stereocenters. The van der Waals surface area contributed by atoms with Gasteiger partial charge in [0, 0.05) is 19.3 Å². The molecule has 1 saturated heterocycles. The maximum atomic E-state index is 12.0. The monoisotopic (exact) mass is 306 g/mol. The summed E-state index contributed by atoms with van der Waals surface area (Å²) in [6, 6.07) is 7.43. The molecule has 1 aromatic carbocycles. The van der Waals surface area contributed by atoms with E-state index in [4.69, 9.17) is 9.47 Å². The van der Waals surface area contributed by atoms with Crippen molar-refractivity contribution in [3.8, 4) is 5.75 Å². The van der Waals surface area contributed by atoms with Crippen LogP contribution in [0.4, 0.5) is 5.69 Å². The first-order chi connectivity index (χ1) is 10.5. The molecular weight excluding hydrogens is 280 g/mol. The zero-order chi connectivity index (χ0) is 16.0. The van der Waals surface area contributed by atoms with E-state index in [9.17, 15) is 4.79 Å². The number of benzene rings is 1. The highest BCUT2D eigenvalue weighted by atomic mass is 16.5. The summed E-state index contributed by atoms with van der Waals surface area (Å²) in [5.41, 5.74) is -0.104. The SMILES string of the molecule is COC(C)(C)C(=O)Nc1ccc(OCCN2CCCC2)cc1. The average Bonchev–Trinajstić information content (AvgIpc) is 3.02. The molecule has 1 aliphatic heterocycles. The van der Waals surface area contributed by atoms with E-state index >= 15 is 0 Å². The second-order valence-corrected chi connectivity index (χ2v) is 6.09. The van der Waals surface area contributed by atoms with E-state index in [1.807, 2.05) is 24.3 Å². The molecule has 5 nitrogen and oxygen atoms in total. The third-order valence-electron chi connectivity index (χ3n) is 4.04. The Kier molecular flexibility index (Phi) is 5.80. The van der Waals surface area contributed by atoms with Crippen molar-refractivity contribution < 1.29 is 14.3 Å². The third kappa shape index (κ3) is 4.71. The fourth-order valence-electron chi connectivity index (χ4n) is 2.31. The number of ether oxygens (including phenoxy) is 2. The normalized spacial score (nSPS) is 15.8. The van der Waals surface area contributed by atoms with Gasteiger partial charge in [0.15, 0.2) is 0 Å². The van der Waals surface area contributed by atoms with Gasteiger partial charge in [-0.15, -0.1) is 0 Å². The Morgan fingerprint density at radius 1 is 1.23 bits per heavy atom. The lowest BCUT2D eigenvalue weighted by molar-refractivity contribution is -0.133. The van der Waals surface area contributed by atoms with Crippen LogP contribution in [0.3, 0.4) is 0 Å². The Morgan fingerprint density at radius 2 is 1.86 bits per heavy atom. The molecule has 122 valence electrons. The number of likely N-dealkylation sites (tertiary alicyclic amines) is 1. The van der Waals surface area contributed by atoms with Crippen molar-refractivity contribution in [3.05, 3.63) is 24.3 Å². The molecule has 5 heteroatoms. The summed E-state index contributed by atoms with van der Waals surface area (Å²) in [6.07, 6.45) is 2.60. The van der Waals surface area contributed by atoms with Crippen LogP contribution in [0.1, 0.15) is 26.7 Å². The van der Waals surface area contributed by atoms with E-state index in [0.717, 1.165) is 18.0 Å². The number of anilines is 1. The van der Waals surface area contributed by atoms with Crippen LogP contribution in [0.5, 0.6) is 5.75 Å². The zero-order valence-electron chi connectivity index (χ0n) is 13.7. The van der Waals surface area contributed by atoms with Crippen molar-refractivity contribution in [1.82, 2.24) is 4.90 Å². The number of amides is 1. The highest BCUT2D eigenvalue weighted by Crippen LogP contribution is 2.18. The first-order valence-corrected chi connectivity index (χ1v) is 7.83. The van der Waals surface area contributed by atoms with Gasteiger partial charge in [-0.25, -0.2) is 0 Å². The summed E-state index contributed by atoms with van der Waals surface area (Å²) in [5.74, 6) is 0.654. The van der Waals surface area contributed by atoms with Gasteiger partial charge in [-0.05, 0) is 64.0 Å². The fraction of sp³-hybridized carbons (Fsp3) is 0.588. The van der Waals surface area contributed by atoms with E-state index in [2.05, 4.69) is 10.2 Å². The van der Waals surface area contributed by atoms with Gasteiger partial charge in [-0.1, -0.05) is 0 Å². The number of rotatable bonds is 7. The van der Waals surface area contributed by atoms with Gasteiger partial charge in [0.2, 0.25) is 0 Å². The Morgan fingerprint density at radius 3 is 2.45 bits per heavy atom. The van der Waals surface area contributed by atoms with Gasteiger partial charge in [0.05, 0.1) is 0 Å². The summed E-state index contributed by atoms with van der Waals surface area (Å²) in [5, 5.41) is 2.83. The Bertz CT molecular complexity index is 479. The maximum absolute atomic E-state index is 12.0. The summed E-state index contributed by atoms with van der Waals surface area (Å²) >= 11 is 0. The van der Waals surface area contributed by atoms with Gasteiger partial charge >= 0.3 is 0 Å². The second-order valence-electron chi connectivity index (χ2n) is 6.09. The van der Waals surface area contributed by atoms with Crippen LogP contribution in [0.25, 0.3) is 0 Å². The number of hydrogen-bond acceptors (Lipinski definition) is 4. The molecule has 1 N–H and O–H groups in total. The lowest BCUT2D eigenvalue weighted by atomic mass is 10.1. The van der Waals surface area contributed by atoms with Crippen LogP contribution in [-0.4, -0.2) is 49.8 Å². The van der Waals surface area contributed by atoms with Crippen molar-refractivity contribution in [1.29, 1.82) is 0 Å². The minimum Gasteiger partial charge on any atom is -0.492 e. The topological polar surface area (TPSA) is 50.8 Å². The van der Waals surface area contributed by atoms with Crippen LogP contribution in [0.15, 0.2) is 24.3 Å². The molecule has 1 fully saturated rings. The minimum atomic E-state index is -0.842. The van der Waals surface area contributed by atoms with Crippen molar-refractivity contribution in [2.24, 2.45) is 0 Å². The number of carbonyl (C=O) groups excluding carboxylic acids is 1. The van der Waals surface area contributed by atoms with Gasteiger partial charge in [-0.3, -0.25) is 9.69 Å². The van der Waals surface area contributed by atoms with Gasteiger partial charge in [-0.2, -0.15) is 0 Å². The van der Waals surface area contributed by atoms with E-state index in [0.29, 0.717) is 6.61 Å². The number of carbonyl (C=O) groups is 1. The van der Waals surface area contributed by atoms with Crippen LogP contribution < -0.4 is 10.1 Å². The molecule has 1 amide bonds. The van der Waals surface area contributed by atoms with Gasteiger partial charge < -0.3 is 14.8 Å². The van der Waals surface area contributed by atoms with Crippen molar-refractivity contribution in [2.75, 3.05) is 38.7 Å². The van der Waals surface area contributed by atoms with Gasteiger partial charge in [0.1, 0.15) is 18.0 Å². The number of methoxy groups -OCH3 is 1. The van der Waals surface area contributed by atoms with E-state index in [-0.39, 0.29) is 5.91 Å². The highest BCUT2D eigenvalue weighted by Gasteiger charge is 2.26. The summed E-state index contributed by atoms with van der Waals surface area (Å²) in [7, 11) is 1.52. The molecule has 1 aliphatic rings. The first-order valence-electron chi connectivity index (χ1n) is 7.83. The molecule has 0 radical (unpaired) electrons. The lowest BCUT2D eigenvalue weighted by Crippen LogP contribution is -2.38. The Labute approximate surface area is 132 Å². The molecule has 22 heavy (non-hydrogen) atoms. The molecule has 0 saturated carbocycles. The van der Waals surface area contributed by atoms with Crippen LogP contribution >= 0.6 is 0 Å². The molecule has 0 spiro atoms. The van der Waals surface area contributed by atoms with E-state index < -0.39 is 5.60 Å². The predicted octanol–water partition coefficient (Wildman–Crippen LogP) is 2.52. The minimum absolute atomic E-state index is 0.169. The van der Waals surface area contributed by atoms with Crippen LogP contribution in [0.2, 0.25) is 0 Å². The quantitative estimate of drug-likeness (QED) is 0.841. The molecule has 0 bridgehead atoms. The molecule has 0 aliphatic carbocycles. The molecular formula is C17H26N2O3. The fourth-order valence-corrected chi connectivity index (χ4v) is 2.31. The summed E-state index contributed by atoms with van der Waals surface area (Å²) in [6.45, 7) is 7.51. The Balaban J connectivity index is 1.78. The van der Waals surface area contributed by atoms with Gasteiger partial charge in [0.25, 0.3) is 5.91 Å². The highest BCUT2D eigenvalue weighted by molar-refractivity contribution is 5.96. The third-order valence-corrected chi connectivity index (χ3v) is 4.04. The van der Waals surface area contributed by atoms with Crippen LogP contribution in [0, 0.1) is 0 Å². The smallest absolute Gasteiger partial charge is 0.256 e. The van der Waals surface area contributed by atoms with Crippen molar-refractivity contribution in [3.63, 3.8) is 0 Å². The standard InChI is InChI=1S/C17H26N2O3/c1-17(2,21-3)16(20)18-14-6-8-15(9-7-14)22-13-12-19-10-4-5-11-19/h6-9H,4-5,10-13H2,1-3H3,(H,18,20). The predicted molar refractivity (Wildman–Crippen MR) is 87.3 cm³/mol. The second kappa shape index (κ2) is 7.61. The van der Waals surface area contributed by atoms with E-state index in [1.165, 1.54) is 33.0 Å². The number of nitrogens with zero attached hydrogens (tertiary/aromatic N) is 1. The molecule has 0 unspecified atom stereocenters. The van der Waals surface area contributed by atoms with Crippen molar-refractivity contribution >= 4 is 11.6 Å². The molecule has 1 heterocycles. The zero-order valence-corrected chi connectivity index (χ0v) is 13.7. The number of hydrogen-bond donors (Lipinski definition) is 1. The van der Waals surface area contributed by atoms with E-state index in [1.54, 1.807) is 13.8 Å². The van der Waals surface area contributed by atoms with Crippen LogP contribution in [-0.2, 0) is 9.53 Å². The van der Waals surface area contributed by atoms with Crippen molar-refractivity contribution in [2.45, 2.75) is 32.3 Å². The largest absolute Gasteiger partial charge is 0.492 e. The Hall–Kier alpha value is -1.59. The summed E-state index contributed by atoms with van der Waals surface area (Å²) < 4.78 is 10.9. The lowest BCUT2D eigenvalue weighted by Gasteiger charge is -2.21. The first kappa shape index (κ1) is 16.8.